The first-order valence-electron chi connectivity index (χ1n) is 5.28. The van der Waals surface area contributed by atoms with Crippen LogP contribution in [-0.2, 0) is 6.54 Å². The Hall–Kier alpha value is -1.55. The van der Waals surface area contributed by atoms with Crippen LogP contribution in [0.2, 0.25) is 0 Å². The Morgan fingerprint density at radius 3 is 2.81 bits per heavy atom. The third-order valence-electron chi connectivity index (χ3n) is 2.69. The van der Waals surface area contributed by atoms with E-state index in [4.69, 9.17) is 18.0 Å². The number of fused-ring (bicyclic) bond motifs is 1. The van der Waals surface area contributed by atoms with Crippen molar-refractivity contribution in [3.8, 4) is 0 Å². The van der Waals surface area contributed by atoms with E-state index < -0.39 is 0 Å². The Kier molecular flexibility index (Phi) is 2.83. The zero-order valence-electron chi connectivity index (χ0n) is 9.45. The molecule has 84 valence electrons. The summed E-state index contributed by atoms with van der Waals surface area (Å²) in [5.41, 5.74) is 8.90. The molecule has 0 saturated carbocycles. The number of hydrogen-bond donors (Lipinski definition) is 2. The van der Waals surface area contributed by atoms with E-state index >= 15 is 0 Å². The number of benzene rings is 1. The van der Waals surface area contributed by atoms with E-state index in [2.05, 4.69) is 41.9 Å². The summed E-state index contributed by atoms with van der Waals surface area (Å²) in [7, 11) is 0. The number of nitrogens with two attached hydrogens (primary N) is 1. The molecule has 2 rings (SSSR count). The number of aryl methyl sites for hydroxylation is 2. The molecule has 4 heteroatoms. The van der Waals surface area contributed by atoms with Crippen molar-refractivity contribution in [3.05, 3.63) is 30.0 Å². The fourth-order valence-corrected chi connectivity index (χ4v) is 2.17. The van der Waals surface area contributed by atoms with Gasteiger partial charge in [0.15, 0.2) is 5.11 Å². The largest absolute Gasteiger partial charge is 0.376 e. The average Bonchev–Trinajstić information content (AvgIpc) is 2.51. The van der Waals surface area contributed by atoms with Crippen LogP contribution in [0, 0.1) is 6.92 Å². The summed E-state index contributed by atoms with van der Waals surface area (Å²) in [5, 5.41) is 4.45. The molecule has 0 fully saturated rings. The average molecular weight is 233 g/mol. The molecule has 1 aromatic carbocycles. The van der Waals surface area contributed by atoms with E-state index in [-0.39, 0.29) is 0 Å². The second-order valence-electron chi connectivity index (χ2n) is 3.79. The highest BCUT2D eigenvalue weighted by molar-refractivity contribution is 7.80. The van der Waals surface area contributed by atoms with Gasteiger partial charge in [0.2, 0.25) is 0 Å². The maximum Gasteiger partial charge on any atom is 0.168 e. The van der Waals surface area contributed by atoms with Gasteiger partial charge < -0.3 is 15.6 Å². The first-order chi connectivity index (χ1) is 7.61. The molecule has 3 N–H and O–H groups in total. The van der Waals surface area contributed by atoms with Gasteiger partial charge >= 0.3 is 0 Å². The van der Waals surface area contributed by atoms with Crippen molar-refractivity contribution in [2.75, 3.05) is 5.32 Å². The van der Waals surface area contributed by atoms with Crippen LogP contribution in [0.1, 0.15) is 12.6 Å². The van der Waals surface area contributed by atoms with Crippen LogP contribution < -0.4 is 11.1 Å². The quantitative estimate of drug-likeness (QED) is 0.784. The summed E-state index contributed by atoms with van der Waals surface area (Å²) in [6.45, 7) is 5.25. The molecule has 0 radical (unpaired) electrons. The number of hydrogen-bond acceptors (Lipinski definition) is 1. The minimum Gasteiger partial charge on any atom is -0.376 e. The molecule has 0 amide bonds. The van der Waals surface area contributed by atoms with Gasteiger partial charge in [-0.15, -0.1) is 0 Å². The predicted molar refractivity (Wildman–Crippen MR) is 72.8 cm³/mol. The van der Waals surface area contributed by atoms with Crippen LogP contribution in [0.25, 0.3) is 10.9 Å². The Morgan fingerprint density at radius 2 is 2.19 bits per heavy atom. The zero-order chi connectivity index (χ0) is 11.7. The van der Waals surface area contributed by atoms with Gasteiger partial charge in [0.1, 0.15) is 0 Å². The molecule has 16 heavy (non-hydrogen) atoms. The molecule has 0 aliphatic heterocycles. The Bertz CT molecular complexity index is 542. The van der Waals surface area contributed by atoms with Crippen molar-refractivity contribution in [2.24, 2.45) is 5.73 Å². The Morgan fingerprint density at radius 1 is 1.44 bits per heavy atom. The fraction of sp³-hybridized carbons (Fsp3) is 0.250. The molecule has 2 aromatic rings. The van der Waals surface area contributed by atoms with Crippen molar-refractivity contribution in [2.45, 2.75) is 20.4 Å². The smallest absolute Gasteiger partial charge is 0.168 e. The molecule has 0 unspecified atom stereocenters. The number of anilines is 1. The molecule has 1 aromatic heterocycles. The van der Waals surface area contributed by atoms with Crippen molar-refractivity contribution in [1.29, 1.82) is 0 Å². The number of aromatic nitrogens is 1. The molecule has 0 saturated heterocycles. The molecule has 0 aliphatic rings. The van der Waals surface area contributed by atoms with Crippen molar-refractivity contribution in [3.63, 3.8) is 0 Å². The normalized spacial score (nSPS) is 10.6. The molecular weight excluding hydrogens is 218 g/mol. The van der Waals surface area contributed by atoms with Crippen LogP contribution in [0.4, 0.5) is 5.69 Å². The van der Waals surface area contributed by atoms with E-state index in [0.717, 1.165) is 12.2 Å². The van der Waals surface area contributed by atoms with Gasteiger partial charge in [0.05, 0.1) is 0 Å². The third-order valence-corrected chi connectivity index (χ3v) is 2.79. The van der Waals surface area contributed by atoms with Crippen molar-refractivity contribution >= 4 is 33.9 Å². The first-order valence-corrected chi connectivity index (χ1v) is 5.69. The minimum atomic E-state index is 0.297. The maximum atomic E-state index is 5.44. The van der Waals surface area contributed by atoms with Crippen molar-refractivity contribution < 1.29 is 0 Å². The molecule has 0 spiro atoms. The molecule has 0 bridgehead atoms. The highest BCUT2D eigenvalue weighted by atomic mass is 32.1. The molecule has 0 atom stereocenters. The number of thiocarbonyl (C=S) groups is 1. The van der Waals surface area contributed by atoms with Crippen LogP contribution in [0.3, 0.4) is 0 Å². The van der Waals surface area contributed by atoms with E-state index in [1.165, 1.54) is 16.6 Å². The Labute approximate surface area is 100 Å². The second kappa shape index (κ2) is 4.14. The topological polar surface area (TPSA) is 43.0 Å². The van der Waals surface area contributed by atoms with Crippen LogP contribution in [0.5, 0.6) is 0 Å². The third kappa shape index (κ3) is 1.88. The Balaban J connectivity index is 2.51. The van der Waals surface area contributed by atoms with Gasteiger partial charge in [-0.05, 0) is 50.3 Å². The summed E-state index contributed by atoms with van der Waals surface area (Å²) < 4.78 is 2.28. The summed E-state index contributed by atoms with van der Waals surface area (Å²) >= 11 is 4.82. The molecular formula is C12H15N3S. The van der Waals surface area contributed by atoms with E-state index in [9.17, 15) is 0 Å². The van der Waals surface area contributed by atoms with Crippen LogP contribution in [0.15, 0.2) is 24.3 Å². The molecule has 1 heterocycles. The summed E-state index contributed by atoms with van der Waals surface area (Å²) in [4.78, 5) is 0. The summed E-state index contributed by atoms with van der Waals surface area (Å²) in [6, 6.07) is 8.32. The van der Waals surface area contributed by atoms with Gasteiger partial charge in [0.25, 0.3) is 0 Å². The predicted octanol–water partition coefficient (Wildman–Crippen LogP) is 2.63. The lowest BCUT2D eigenvalue weighted by molar-refractivity contribution is 0.770. The number of nitrogens with one attached hydrogen (secondary N) is 1. The molecule has 0 aliphatic carbocycles. The second-order valence-corrected chi connectivity index (χ2v) is 4.23. The minimum absolute atomic E-state index is 0.297. The van der Waals surface area contributed by atoms with E-state index in [0.29, 0.717) is 5.11 Å². The number of rotatable bonds is 2. The van der Waals surface area contributed by atoms with Gasteiger partial charge in [-0.3, -0.25) is 0 Å². The summed E-state index contributed by atoms with van der Waals surface area (Å²) in [5.74, 6) is 0. The standard InChI is InChI=1S/C12H15N3S/c1-3-15-8(2)6-9-7-10(14-12(13)16)4-5-11(9)15/h4-7H,3H2,1-2H3,(H3,13,14,16). The van der Waals surface area contributed by atoms with Crippen molar-refractivity contribution in [1.82, 2.24) is 4.57 Å². The lowest BCUT2D eigenvalue weighted by atomic mass is 10.2. The van der Waals surface area contributed by atoms with Gasteiger partial charge in [0, 0.05) is 28.8 Å². The van der Waals surface area contributed by atoms with Crippen LogP contribution >= 0.6 is 12.2 Å². The lowest BCUT2D eigenvalue weighted by Gasteiger charge is -2.06. The summed E-state index contributed by atoms with van der Waals surface area (Å²) in [6.07, 6.45) is 0. The fourth-order valence-electron chi connectivity index (χ4n) is 2.05. The highest BCUT2D eigenvalue weighted by Gasteiger charge is 2.04. The van der Waals surface area contributed by atoms with Gasteiger partial charge in [-0.2, -0.15) is 0 Å². The first kappa shape index (κ1) is 11.0. The van der Waals surface area contributed by atoms with Gasteiger partial charge in [-0.25, -0.2) is 0 Å². The lowest BCUT2D eigenvalue weighted by Crippen LogP contribution is -2.18. The van der Waals surface area contributed by atoms with E-state index in [1.807, 2.05) is 6.07 Å². The van der Waals surface area contributed by atoms with E-state index in [1.54, 1.807) is 0 Å². The van der Waals surface area contributed by atoms with Crippen LogP contribution in [-0.4, -0.2) is 9.68 Å². The molecule has 3 nitrogen and oxygen atoms in total. The highest BCUT2D eigenvalue weighted by Crippen LogP contribution is 2.23. The monoisotopic (exact) mass is 233 g/mol. The van der Waals surface area contributed by atoms with Gasteiger partial charge in [-0.1, -0.05) is 0 Å². The zero-order valence-corrected chi connectivity index (χ0v) is 10.3. The SMILES string of the molecule is CCn1c(C)cc2cc(NC(N)=S)ccc21. The maximum absolute atomic E-state index is 5.44. The number of nitrogens with zero attached hydrogens (tertiary/aromatic N) is 1.